The van der Waals surface area contributed by atoms with Crippen molar-refractivity contribution < 1.29 is 23.8 Å². The molecule has 0 fully saturated rings. The van der Waals surface area contributed by atoms with Crippen LogP contribution in [0.2, 0.25) is 0 Å². The lowest BCUT2D eigenvalue weighted by molar-refractivity contribution is -0.142. The standard InChI is InChI=1S/C26H22N4O5/c1-2-33-23(31)13-30-19-6-4-3-5-17(19)26(25(30)32)11-20-16-10-22-21(34-14-35-22)9-15(16)7-8-29(20)24(28)18(26)12-27/h3-6,9-11H,2,7-8,13-14,28H2,1H3/t26-/m1/s1. The third-order valence-corrected chi connectivity index (χ3v) is 6.97. The summed E-state index contributed by atoms with van der Waals surface area (Å²) in [4.78, 5) is 29.8. The predicted molar refractivity (Wildman–Crippen MR) is 125 cm³/mol. The smallest absolute Gasteiger partial charge is 0.326 e. The number of amides is 1. The first-order valence-corrected chi connectivity index (χ1v) is 11.4. The number of nitrogens with two attached hydrogens (primary N) is 1. The van der Waals surface area contributed by atoms with Crippen molar-refractivity contribution in [1.82, 2.24) is 4.90 Å². The molecule has 0 radical (unpaired) electrons. The maximum atomic E-state index is 14.1. The second-order valence-corrected chi connectivity index (χ2v) is 8.69. The number of hydrogen-bond acceptors (Lipinski definition) is 8. The van der Waals surface area contributed by atoms with Gasteiger partial charge in [-0.25, -0.2) is 0 Å². The van der Waals surface area contributed by atoms with Crippen LogP contribution < -0.4 is 20.1 Å². The molecule has 0 bridgehead atoms. The van der Waals surface area contributed by atoms with Gasteiger partial charge in [0.05, 0.1) is 12.2 Å². The Kier molecular flexibility index (Phi) is 4.54. The molecule has 4 aliphatic heterocycles. The Balaban J connectivity index is 1.57. The molecule has 9 nitrogen and oxygen atoms in total. The summed E-state index contributed by atoms with van der Waals surface area (Å²) in [5.74, 6) is 0.605. The van der Waals surface area contributed by atoms with Gasteiger partial charge in [0.25, 0.3) is 0 Å². The first kappa shape index (κ1) is 21.1. The average molecular weight is 470 g/mol. The fourth-order valence-electron chi connectivity index (χ4n) is 5.45. The Morgan fingerprint density at radius 3 is 2.80 bits per heavy atom. The molecule has 6 rings (SSSR count). The number of anilines is 1. The van der Waals surface area contributed by atoms with E-state index in [-0.39, 0.29) is 31.3 Å². The Labute approximate surface area is 201 Å². The van der Waals surface area contributed by atoms with Crippen LogP contribution in [0, 0.1) is 11.3 Å². The fourth-order valence-corrected chi connectivity index (χ4v) is 5.45. The molecular formula is C26H22N4O5. The highest BCUT2D eigenvalue weighted by Crippen LogP contribution is 2.53. The van der Waals surface area contributed by atoms with Crippen LogP contribution in [0.1, 0.15) is 23.6 Å². The van der Waals surface area contributed by atoms with Crippen LogP contribution in [-0.4, -0.2) is 43.3 Å². The zero-order valence-electron chi connectivity index (χ0n) is 19.0. The molecule has 1 amide bonds. The van der Waals surface area contributed by atoms with Gasteiger partial charge in [-0.05, 0) is 43.2 Å². The number of hydrogen-bond donors (Lipinski definition) is 1. The lowest BCUT2D eigenvalue weighted by atomic mass is 9.71. The number of nitrogens with zero attached hydrogens (tertiary/aromatic N) is 3. The number of fused-ring (bicyclic) bond motifs is 6. The van der Waals surface area contributed by atoms with Crippen LogP contribution in [0.15, 0.2) is 53.9 Å². The molecule has 2 aromatic rings. The largest absolute Gasteiger partial charge is 0.465 e. The molecule has 35 heavy (non-hydrogen) atoms. The minimum absolute atomic E-state index is 0.147. The number of nitriles is 1. The maximum absolute atomic E-state index is 14.1. The average Bonchev–Trinajstić information content (AvgIpc) is 3.40. The Bertz CT molecular complexity index is 1400. The van der Waals surface area contributed by atoms with E-state index in [0.29, 0.717) is 35.7 Å². The van der Waals surface area contributed by atoms with Gasteiger partial charge in [-0.1, -0.05) is 18.2 Å². The Hall–Kier alpha value is -4.45. The fraction of sp³-hybridized carbons (Fsp3) is 0.269. The highest BCUT2D eigenvalue weighted by atomic mass is 16.7. The summed E-state index contributed by atoms with van der Waals surface area (Å²) >= 11 is 0. The molecule has 9 heteroatoms. The zero-order chi connectivity index (χ0) is 24.3. The van der Waals surface area contributed by atoms with Crippen LogP contribution in [0.3, 0.4) is 0 Å². The van der Waals surface area contributed by atoms with Gasteiger partial charge in [-0.15, -0.1) is 0 Å². The molecule has 0 unspecified atom stereocenters. The first-order valence-electron chi connectivity index (χ1n) is 11.4. The monoisotopic (exact) mass is 470 g/mol. The molecule has 4 aliphatic rings. The second kappa shape index (κ2) is 7.53. The van der Waals surface area contributed by atoms with E-state index in [1.54, 1.807) is 25.1 Å². The van der Waals surface area contributed by atoms with E-state index in [0.717, 1.165) is 16.8 Å². The summed E-state index contributed by atoms with van der Waals surface area (Å²) in [5.41, 5.74) is 9.09. The highest BCUT2D eigenvalue weighted by Gasteiger charge is 2.56. The predicted octanol–water partition coefficient (Wildman–Crippen LogP) is 2.17. The lowest BCUT2D eigenvalue weighted by Crippen LogP contribution is -2.48. The van der Waals surface area contributed by atoms with Gasteiger partial charge in [-0.2, -0.15) is 5.26 Å². The van der Waals surface area contributed by atoms with E-state index in [4.69, 9.17) is 19.9 Å². The van der Waals surface area contributed by atoms with Crippen LogP contribution in [-0.2, 0) is 26.2 Å². The molecule has 1 atom stereocenters. The van der Waals surface area contributed by atoms with Crippen LogP contribution in [0.25, 0.3) is 5.70 Å². The van der Waals surface area contributed by atoms with Crippen molar-refractivity contribution in [2.24, 2.45) is 5.73 Å². The van der Waals surface area contributed by atoms with E-state index in [9.17, 15) is 14.9 Å². The molecule has 1 spiro atoms. The van der Waals surface area contributed by atoms with Gasteiger partial charge in [0.2, 0.25) is 12.7 Å². The number of ether oxygens (including phenoxy) is 3. The van der Waals surface area contributed by atoms with Crippen molar-refractivity contribution >= 4 is 23.3 Å². The third kappa shape index (κ3) is 2.80. The topological polar surface area (TPSA) is 118 Å². The van der Waals surface area contributed by atoms with Crippen molar-refractivity contribution in [3.63, 3.8) is 0 Å². The van der Waals surface area contributed by atoms with Gasteiger partial charge >= 0.3 is 5.97 Å². The molecule has 0 aromatic heterocycles. The molecule has 0 aliphatic carbocycles. The lowest BCUT2D eigenvalue weighted by Gasteiger charge is -2.41. The SMILES string of the molecule is CCOC(=O)CN1C(=O)[C@]2(C=C3c4cc5c(cc4CCN3C(N)=C2C#N)OCO5)c2ccccc21. The van der Waals surface area contributed by atoms with Crippen LogP contribution in [0.5, 0.6) is 11.5 Å². The van der Waals surface area contributed by atoms with Gasteiger partial charge in [0.1, 0.15) is 23.8 Å². The van der Waals surface area contributed by atoms with E-state index in [1.165, 1.54) is 4.90 Å². The quantitative estimate of drug-likeness (QED) is 0.678. The van der Waals surface area contributed by atoms with Gasteiger partial charge in [0, 0.05) is 29.1 Å². The molecule has 4 heterocycles. The number of esters is 1. The summed E-state index contributed by atoms with van der Waals surface area (Å²) in [6, 6.07) is 13.2. The van der Waals surface area contributed by atoms with E-state index in [1.807, 2.05) is 29.2 Å². The molecule has 176 valence electrons. The van der Waals surface area contributed by atoms with Crippen molar-refractivity contribution in [1.29, 1.82) is 5.26 Å². The summed E-state index contributed by atoms with van der Waals surface area (Å²) in [6.07, 6.45) is 2.50. The van der Waals surface area contributed by atoms with Gasteiger partial charge < -0.3 is 24.8 Å². The molecule has 0 saturated heterocycles. The summed E-state index contributed by atoms with van der Waals surface area (Å²) in [7, 11) is 0. The Morgan fingerprint density at radius 1 is 1.26 bits per heavy atom. The van der Waals surface area contributed by atoms with Crippen molar-refractivity contribution in [3.8, 4) is 17.6 Å². The van der Waals surface area contributed by atoms with Crippen LogP contribution >= 0.6 is 0 Å². The third-order valence-electron chi connectivity index (χ3n) is 6.97. The molecular weight excluding hydrogens is 448 g/mol. The maximum Gasteiger partial charge on any atom is 0.326 e. The molecule has 2 aromatic carbocycles. The van der Waals surface area contributed by atoms with Gasteiger partial charge in [-0.3, -0.25) is 14.5 Å². The van der Waals surface area contributed by atoms with Crippen molar-refractivity contribution in [2.75, 3.05) is 31.4 Å². The second-order valence-electron chi connectivity index (χ2n) is 8.69. The minimum atomic E-state index is -1.46. The summed E-state index contributed by atoms with van der Waals surface area (Å²) in [6.45, 7) is 2.36. The summed E-state index contributed by atoms with van der Waals surface area (Å²) < 4.78 is 16.3. The Morgan fingerprint density at radius 2 is 2.03 bits per heavy atom. The van der Waals surface area contributed by atoms with Crippen molar-refractivity contribution in [2.45, 2.75) is 18.8 Å². The number of benzene rings is 2. The number of rotatable bonds is 3. The minimum Gasteiger partial charge on any atom is -0.465 e. The summed E-state index contributed by atoms with van der Waals surface area (Å²) in [5, 5.41) is 10.3. The highest BCUT2D eigenvalue weighted by molar-refractivity contribution is 6.15. The van der Waals surface area contributed by atoms with Crippen LogP contribution in [0.4, 0.5) is 5.69 Å². The number of carbonyl (C=O) groups excluding carboxylic acids is 2. The van der Waals surface area contributed by atoms with E-state index >= 15 is 0 Å². The zero-order valence-corrected chi connectivity index (χ0v) is 19.0. The number of carbonyl (C=O) groups is 2. The normalized spacial score (nSPS) is 21.4. The number of para-hydroxylation sites is 1. The van der Waals surface area contributed by atoms with E-state index in [2.05, 4.69) is 6.07 Å². The van der Waals surface area contributed by atoms with E-state index < -0.39 is 17.3 Å². The molecule has 0 saturated carbocycles. The molecule has 2 N–H and O–H groups in total. The first-order chi connectivity index (χ1) is 17.0. The van der Waals surface area contributed by atoms with Crippen molar-refractivity contribution in [3.05, 3.63) is 70.6 Å². The van der Waals surface area contributed by atoms with Gasteiger partial charge in [0.15, 0.2) is 11.5 Å².